The molecule has 7 nitrogen and oxygen atoms in total. The summed E-state index contributed by atoms with van der Waals surface area (Å²) in [6.45, 7) is 1.04. The third-order valence-electron chi connectivity index (χ3n) is 3.86. The summed E-state index contributed by atoms with van der Waals surface area (Å²) < 4.78 is 5.43. The van der Waals surface area contributed by atoms with E-state index in [-0.39, 0.29) is 23.8 Å². The highest BCUT2D eigenvalue weighted by atomic mass is 16.5. The van der Waals surface area contributed by atoms with Crippen LogP contribution in [0.15, 0.2) is 18.6 Å². The first-order valence-electron chi connectivity index (χ1n) is 7.19. The number of nitrogens with zero attached hydrogens (tertiary/aromatic N) is 3. The fourth-order valence-electron chi connectivity index (χ4n) is 2.52. The predicted molar refractivity (Wildman–Crippen MR) is 81.8 cm³/mol. The van der Waals surface area contributed by atoms with Crippen LogP contribution in [0.3, 0.4) is 0 Å². The summed E-state index contributed by atoms with van der Waals surface area (Å²) in [7, 11) is 5.08. The number of ether oxygens (including phenoxy) is 1. The number of hydrogen-bond acceptors (Lipinski definition) is 4. The van der Waals surface area contributed by atoms with Gasteiger partial charge in [-0.05, 0) is 6.08 Å². The zero-order valence-electron chi connectivity index (χ0n) is 13.2. The van der Waals surface area contributed by atoms with Crippen LogP contribution >= 0.6 is 0 Å². The molecule has 2 amide bonds. The van der Waals surface area contributed by atoms with E-state index in [1.807, 2.05) is 0 Å². The quantitative estimate of drug-likeness (QED) is 0.798. The Hall–Kier alpha value is -2.15. The van der Waals surface area contributed by atoms with Crippen molar-refractivity contribution in [2.45, 2.75) is 12.5 Å². The molecular formula is C15H22N4O3. The molecule has 1 aromatic rings. The average molecular weight is 306 g/mol. The van der Waals surface area contributed by atoms with Gasteiger partial charge in [-0.1, -0.05) is 0 Å². The molecule has 1 N–H and O–H groups in total. The molecule has 1 aromatic heterocycles. The molecule has 0 saturated carbocycles. The Balaban J connectivity index is 1.95. The second-order valence-corrected chi connectivity index (χ2v) is 5.61. The average Bonchev–Trinajstić information content (AvgIpc) is 3.13. The molecule has 1 fully saturated rings. The third-order valence-corrected chi connectivity index (χ3v) is 3.86. The minimum atomic E-state index is -0.103. The van der Waals surface area contributed by atoms with Crippen molar-refractivity contribution in [2.24, 2.45) is 5.92 Å². The maximum Gasteiger partial charge on any atom is 0.246 e. The Morgan fingerprint density at radius 1 is 1.50 bits per heavy atom. The van der Waals surface area contributed by atoms with E-state index >= 15 is 0 Å². The number of imidazole rings is 1. The molecule has 7 heteroatoms. The smallest absolute Gasteiger partial charge is 0.246 e. The fraction of sp³-hybridized carbons (Fsp3) is 0.533. The van der Waals surface area contributed by atoms with Gasteiger partial charge in [-0.2, -0.15) is 0 Å². The Morgan fingerprint density at radius 2 is 2.27 bits per heavy atom. The van der Waals surface area contributed by atoms with Gasteiger partial charge in [-0.25, -0.2) is 4.98 Å². The van der Waals surface area contributed by atoms with Crippen LogP contribution < -0.4 is 0 Å². The summed E-state index contributed by atoms with van der Waals surface area (Å²) in [6.07, 6.45) is 6.69. The van der Waals surface area contributed by atoms with Crippen LogP contribution in [-0.4, -0.2) is 72.0 Å². The zero-order chi connectivity index (χ0) is 16.1. The van der Waals surface area contributed by atoms with E-state index in [1.54, 1.807) is 49.6 Å². The number of aromatic amines is 1. The Kier molecular flexibility index (Phi) is 5.32. The number of H-pyrrole nitrogens is 1. The van der Waals surface area contributed by atoms with Gasteiger partial charge in [0.25, 0.3) is 0 Å². The van der Waals surface area contributed by atoms with Crippen molar-refractivity contribution in [2.75, 3.05) is 34.3 Å². The molecule has 0 unspecified atom stereocenters. The number of rotatable bonds is 5. The highest BCUT2D eigenvalue weighted by Gasteiger charge is 2.36. The summed E-state index contributed by atoms with van der Waals surface area (Å²) >= 11 is 0. The molecule has 0 aromatic carbocycles. The lowest BCUT2D eigenvalue weighted by Gasteiger charge is -2.18. The number of hydrogen-bond donors (Lipinski definition) is 1. The van der Waals surface area contributed by atoms with Gasteiger partial charge in [-0.3, -0.25) is 9.59 Å². The van der Waals surface area contributed by atoms with Gasteiger partial charge in [0.05, 0.1) is 24.3 Å². The molecule has 2 rings (SSSR count). The lowest BCUT2D eigenvalue weighted by atomic mass is 10.0. The largest absolute Gasteiger partial charge is 0.379 e. The Bertz CT molecular complexity index is 539. The van der Waals surface area contributed by atoms with Crippen LogP contribution in [0, 0.1) is 5.92 Å². The molecule has 0 spiro atoms. The number of carbonyl (C=O) groups is 2. The first kappa shape index (κ1) is 16.2. The minimum Gasteiger partial charge on any atom is -0.379 e. The van der Waals surface area contributed by atoms with Crippen LogP contribution in [0.1, 0.15) is 12.1 Å². The molecule has 0 aliphatic carbocycles. The monoisotopic (exact) mass is 306 g/mol. The van der Waals surface area contributed by atoms with Crippen molar-refractivity contribution in [1.82, 2.24) is 19.8 Å². The first-order chi connectivity index (χ1) is 10.5. The van der Waals surface area contributed by atoms with Gasteiger partial charge < -0.3 is 19.5 Å². The molecular weight excluding hydrogens is 284 g/mol. The van der Waals surface area contributed by atoms with Crippen molar-refractivity contribution in [3.8, 4) is 0 Å². The molecule has 1 saturated heterocycles. The number of carbonyl (C=O) groups excluding carboxylic acids is 2. The lowest BCUT2D eigenvalue weighted by molar-refractivity contribution is -0.130. The first-order valence-corrected chi connectivity index (χ1v) is 7.19. The number of methoxy groups -OCH3 is 1. The van der Waals surface area contributed by atoms with E-state index in [9.17, 15) is 9.59 Å². The van der Waals surface area contributed by atoms with Gasteiger partial charge in [0, 0.05) is 52.7 Å². The van der Waals surface area contributed by atoms with E-state index in [0.29, 0.717) is 19.5 Å². The van der Waals surface area contributed by atoms with Crippen LogP contribution in [0.25, 0.3) is 6.08 Å². The topological polar surface area (TPSA) is 78.5 Å². The number of amides is 2. The molecule has 2 atom stereocenters. The van der Waals surface area contributed by atoms with Gasteiger partial charge in [0.15, 0.2) is 0 Å². The van der Waals surface area contributed by atoms with E-state index < -0.39 is 0 Å². The van der Waals surface area contributed by atoms with Crippen molar-refractivity contribution in [3.63, 3.8) is 0 Å². The van der Waals surface area contributed by atoms with Crippen LogP contribution in [-0.2, 0) is 14.3 Å². The summed E-state index contributed by atoms with van der Waals surface area (Å²) in [4.78, 5) is 34.2. The number of nitrogens with one attached hydrogen (secondary N) is 1. The van der Waals surface area contributed by atoms with E-state index in [4.69, 9.17) is 4.74 Å². The van der Waals surface area contributed by atoms with Crippen molar-refractivity contribution < 1.29 is 14.3 Å². The maximum absolute atomic E-state index is 12.2. The van der Waals surface area contributed by atoms with Crippen molar-refractivity contribution >= 4 is 17.9 Å². The summed E-state index contributed by atoms with van der Waals surface area (Å²) in [5.74, 6) is -0.00444. The van der Waals surface area contributed by atoms with Crippen molar-refractivity contribution in [1.29, 1.82) is 0 Å². The van der Waals surface area contributed by atoms with Crippen molar-refractivity contribution in [3.05, 3.63) is 24.3 Å². The highest BCUT2D eigenvalue weighted by molar-refractivity contribution is 5.91. The summed E-state index contributed by atoms with van der Waals surface area (Å²) in [5.41, 5.74) is 0.773. The van der Waals surface area contributed by atoms with Gasteiger partial charge in [0.2, 0.25) is 11.8 Å². The SMILES string of the molecule is CO[C@H]1CN(C(=O)/C=C/c2cnc[nH]2)C[C@@H]1CC(=O)N(C)C. The highest BCUT2D eigenvalue weighted by Crippen LogP contribution is 2.23. The van der Waals surface area contributed by atoms with Gasteiger partial charge in [0.1, 0.15) is 0 Å². The van der Waals surface area contributed by atoms with Crippen LogP contribution in [0.4, 0.5) is 0 Å². The lowest BCUT2D eigenvalue weighted by Crippen LogP contribution is -2.29. The van der Waals surface area contributed by atoms with Gasteiger partial charge >= 0.3 is 0 Å². The number of aromatic nitrogens is 2. The molecule has 2 heterocycles. The molecule has 120 valence electrons. The molecule has 0 radical (unpaired) electrons. The molecule has 1 aliphatic heterocycles. The maximum atomic E-state index is 12.2. The molecule has 22 heavy (non-hydrogen) atoms. The molecule has 1 aliphatic rings. The second-order valence-electron chi connectivity index (χ2n) is 5.61. The van der Waals surface area contributed by atoms with Crippen LogP contribution in [0.5, 0.6) is 0 Å². The minimum absolute atomic E-state index is 0.0319. The molecule has 0 bridgehead atoms. The standard InChI is InChI=1S/C15H22N4O3/c1-18(2)15(21)6-11-8-19(9-13(11)22-3)14(20)5-4-12-7-16-10-17-12/h4-5,7,10-11,13H,6,8-9H2,1-3H3,(H,16,17)/b5-4+/t11-,13-/m0/s1. The predicted octanol–water partition coefficient (Wildman–Crippen LogP) is 0.375. The summed E-state index contributed by atoms with van der Waals surface area (Å²) in [5, 5.41) is 0. The zero-order valence-corrected chi connectivity index (χ0v) is 13.2. The van der Waals surface area contributed by atoms with Crippen LogP contribution in [0.2, 0.25) is 0 Å². The Labute approximate surface area is 130 Å². The Morgan fingerprint density at radius 3 is 2.86 bits per heavy atom. The van der Waals surface area contributed by atoms with Gasteiger partial charge in [-0.15, -0.1) is 0 Å². The van der Waals surface area contributed by atoms with E-state index in [2.05, 4.69) is 9.97 Å². The second kappa shape index (κ2) is 7.22. The fourth-order valence-corrected chi connectivity index (χ4v) is 2.52. The number of likely N-dealkylation sites (tertiary alicyclic amines) is 1. The van der Waals surface area contributed by atoms with E-state index in [1.165, 1.54) is 6.08 Å². The van der Waals surface area contributed by atoms with E-state index in [0.717, 1.165) is 5.69 Å². The summed E-state index contributed by atoms with van der Waals surface area (Å²) in [6, 6.07) is 0. The normalized spacial score (nSPS) is 21.5. The third kappa shape index (κ3) is 3.94.